The van der Waals surface area contributed by atoms with Gasteiger partial charge in [0, 0.05) is 10.2 Å². The first-order valence-corrected chi connectivity index (χ1v) is 11.3. The molecule has 0 atom stereocenters. The number of nitrogens with zero attached hydrogens (tertiary/aromatic N) is 1. The van der Waals surface area contributed by atoms with E-state index in [9.17, 15) is 10.1 Å². The summed E-state index contributed by atoms with van der Waals surface area (Å²) >= 11 is 3.55. The van der Waals surface area contributed by atoms with E-state index in [-0.39, 0.29) is 12.5 Å². The Labute approximate surface area is 202 Å². The Morgan fingerprint density at radius 1 is 1.00 bits per heavy atom. The summed E-state index contributed by atoms with van der Waals surface area (Å²) in [6, 6.07) is 21.1. The van der Waals surface area contributed by atoms with Gasteiger partial charge in [0.2, 0.25) is 0 Å². The number of hydrogen-bond acceptors (Lipinski definition) is 4. The first kappa shape index (κ1) is 24.1. The monoisotopic (exact) mass is 504 g/mol. The molecular formula is C27H25BrN2O3. The van der Waals surface area contributed by atoms with Gasteiger partial charge in [-0.2, -0.15) is 5.26 Å². The van der Waals surface area contributed by atoms with Crippen LogP contribution in [0.3, 0.4) is 0 Å². The van der Waals surface area contributed by atoms with Crippen molar-refractivity contribution in [3.63, 3.8) is 0 Å². The minimum absolute atomic E-state index is 0.164. The lowest BCUT2D eigenvalue weighted by molar-refractivity contribution is -0.118. The van der Waals surface area contributed by atoms with Crippen molar-refractivity contribution in [2.45, 2.75) is 20.8 Å². The average molecular weight is 505 g/mol. The van der Waals surface area contributed by atoms with Gasteiger partial charge in [0.1, 0.15) is 0 Å². The fraction of sp³-hybridized carbons (Fsp3) is 0.185. The molecule has 3 aromatic carbocycles. The lowest BCUT2D eigenvalue weighted by Crippen LogP contribution is -2.20. The molecule has 0 radical (unpaired) electrons. The third kappa shape index (κ3) is 6.71. The molecule has 0 aliphatic heterocycles. The third-order valence-electron chi connectivity index (χ3n) is 4.84. The smallest absolute Gasteiger partial charge is 0.262 e. The van der Waals surface area contributed by atoms with Crippen LogP contribution in [0.25, 0.3) is 11.6 Å². The van der Waals surface area contributed by atoms with Crippen molar-refractivity contribution in [3.8, 4) is 17.6 Å². The van der Waals surface area contributed by atoms with Crippen LogP contribution < -0.4 is 14.8 Å². The summed E-state index contributed by atoms with van der Waals surface area (Å²) in [7, 11) is 0. The van der Waals surface area contributed by atoms with Crippen LogP contribution in [0.1, 0.15) is 29.2 Å². The van der Waals surface area contributed by atoms with E-state index in [1.807, 2.05) is 69.3 Å². The van der Waals surface area contributed by atoms with E-state index < -0.39 is 0 Å². The van der Waals surface area contributed by atoms with E-state index in [4.69, 9.17) is 9.47 Å². The molecule has 6 heteroatoms. The van der Waals surface area contributed by atoms with E-state index in [2.05, 4.69) is 27.3 Å². The van der Waals surface area contributed by atoms with Crippen LogP contribution in [0.2, 0.25) is 0 Å². The first-order chi connectivity index (χ1) is 15.9. The average Bonchev–Trinajstić information content (AvgIpc) is 2.80. The molecule has 33 heavy (non-hydrogen) atoms. The molecule has 0 aromatic heterocycles. The van der Waals surface area contributed by atoms with Gasteiger partial charge in [-0.05, 0) is 62.2 Å². The van der Waals surface area contributed by atoms with Gasteiger partial charge in [0.25, 0.3) is 5.91 Å². The Hall–Kier alpha value is -3.56. The molecule has 0 saturated carbocycles. The van der Waals surface area contributed by atoms with Crippen LogP contribution in [-0.4, -0.2) is 19.1 Å². The molecule has 1 amide bonds. The van der Waals surface area contributed by atoms with E-state index in [0.29, 0.717) is 29.4 Å². The molecular weight excluding hydrogens is 480 g/mol. The Balaban J connectivity index is 1.80. The van der Waals surface area contributed by atoms with Crippen molar-refractivity contribution in [1.82, 2.24) is 0 Å². The SMILES string of the molecule is CCOc1cc(/C=C(/C#N)c2ccc(C)cc2)c(Br)cc1OCC(=O)Nc1ccc(C)cc1. The van der Waals surface area contributed by atoms with Gasteiger partial charge in [0.15, 0.2) is 18.1 Å². The highest BCUT2D eigenvalue weighted by molar-refractivity contribution is 9.10. The van der Waals surface area contributed by atoms with Crippen LogP contribution >= 0.6 is 15.9 Å². The number of aryl methyl sites for hydroxylation is 2. The van der Waals surface area contributed by atoms with Gasteiger partial charge < -0.3 is 14.8 Å². The highest BCUT2D eigenvalue weighted by Crippen LogP contribution is 2.35. The molecule has 0 aliphatic rings. The highest BCUT2D eigenvalue weighted by atomic mass is 79.9. The number of hydrogen-bond donors (Lipinski definition) is 1. The Morgan fingerprint density at radius 3 is 2.21 bits per heavy atom. The summed E-state index contributed by atoms with van der Waals surface area (Å²) in [4.78, 5) is 12.3. The molecule has 0 heterocycles. The van der Waals surface area contributed by atoms with E-state index in [0.717, 1.165) is 26.7 Å². The maximum Gasteiger partial charge on any atom is 0.262 e. The molecule has 3 aromatic rings. The van der Waals surface area contributed by atoms with Crippen LogP contribution in [-0.2, 0) is 4.79 Å². The standard InChI is InChI=1S/C27H25BrN2O3/c1-4-32-25-14-21(13-22(16-29)20-9-5-18(2)6-10-20)24(28)15-26(25)33-17-27(31)30-23-11-7-19(3)8-12-23/h5-15H,4,17H2,1-3H3,(H,30,31)/b22-13-. The van der Waals surface area contributed by atoms with Crippen molar-refractivity contribution in [1.29, 1.82) is 5.26 Å². The fourth-order valence-electron chi connectivity index (χ4n) is 3.09. The summed E-state index contributed by atoms with van der Waals surface area (Å²) in [6.07, 6.45) is 1.80. The number of anilines is 1. The Bertz CT molecular complexity index is 1190. The fourth-order valence-corrected chi connectivity index (χ4v) is 3.53. The van der Waals surface area contributed by atoms with E-state index in [1.165, 1.54) is 0 Å². The second kappa shape index (κ2) is 11.3. The number of allylic oxidation sites excluding steroid dienone is 1. The third-order valence-corrected chi connectivity index (χ3v) is 5.53. The number of nitriles is 1. The predicted octanol–water partition coefficient (Wildman–Crippen LogP) is 6.55. The maximum atomic E-state index is 12.3. The number of carbonyl (C=O) groups is 1. The summed E-state index contributed by atoms with van der Waals surface area (Å²) in [5.41, 5.74) is 5.09. The summed E-state index contributed by atoms with van der Waals surface area (Å²) in [5, 5.41) is 12.5. The minimum atomic E-state index is -0.271. The zero-order valence-corrected chi connectivity index (χ0v) is 20.4. The molecule has 168 valence electrons. The summed E-state index contributed by atoms with van der Waals surface area (Å²) < 4.78 is 12.2. The van der Waals surface area contributed by atoms with Crippen molar-refractivity contribution in [2.75, 3.05) is 18.5 Å². The van der Waals surface area contributed by atoms with Gasteiger partial charge in [-0.3, -0.25) is 4.79 Å². The van der Waals surface area contributed by atoms with Crippen molar-refractivity contribution in [2.24, 2.45) is 0 Å². The second-order valence-corrected chi connectivity index (χ2v) is 8.35. The predicted molar refractivity (Wildman–Crippen MR) is 135 cm³/mol. The zero-order valence-electron chi connectivity index (χ0n) is 18.8. The summed E-state index contributed by atoms with van der Waals surface area (Å²) in [5.74, 6) is 0.664. The number of ether oxygens (including phenoxy) is 2. The van der Waals surface area contributed by atoms with Crippen molar-refractivity contribution < 1.29 is 14.3 Å². The normalized spacial score (nSPS) is 10.9. The Kier molecular flexibility index (Phi) is 8.28. The molecule has 5 nitrogen and oxygen atoms in total. The maximum absolute atomic E-state index is 12.3. The molecule has 0 unspecified atom stereocenters. The van der Waals surface area contributed by atoms with Gasteiger partial charge in [-0.25, -0.2) is 0 Å². The number of carbonyl (C=O) groups excluding carboxylic acids is 1. The van der Waals surface area contributed by atoms with Crippen LogP contribution in [0.4, 0.5) is 5.69 Å². The quantitative estimate of drug-likeness (QED) is 0.279. The molecule has 3 rings (SSSR count). The second-order valence-electron chi connectivity index (χ2n) is 7.49. The van der Waals surface area contributed by atoms with Gasteiger partial charge in [-0.15, -0.1) is 0 Å². The van der Waals surface area contributed by atoms with E-state index in [1.54, 1.807) is 18.2 Å². The number of nitrogens with one attached hydrogen (secondary N) is 1. The number of benzene rings is 3. The topological polar surface area (TPSA) is 71.3 Å². The first-order valence-electron chi connectivity index (χ1n) is 10.5. The van der Waals surface area contributed by atoms with Gasteiger partial charge in [0.05, 0.1) is 18.2 Å². The van der Waals surface area contributed by atoms with Gasteiger partial charge >= 0.3 is 0 Å². The minimum Gasteiger partial charge on any atom is -0.490 e. The molecule has 0 fully saturated rings. The number of halogens is 1. The van der Waals surface area contributed by atoms with E-state index >= 15 is 0 Å². The number of amides is 1. The van der Waals surface area contributed by atoms with Crippen molar-refractivity contribution in [3.05, 3.63) is 87.4 Å². The summed E-state index contributed by atoms with van der Waals surface area (Å²) in [6.45, 7) is 6.13. The lowest BCUT2D eigenvalue weighted by Gasteiger charge is -2.14. The lowest BCUT2D eigenvalue weighted by atomic mass is 10.0. The van der Waals surface area contributed by atoms with Crippen LogP contribution in [0.5, 0.6) is 11.5 Å². The van der Waals surface area contributed by atoms with Crippen molar-refractivity contribution >= 4 is 39.2 Å². The largest absolute Gasteiger partial charge is 0.490 e. The van der Waals surface area contributed by atoms with Crippen LogP contribution in [0.15, 0.2) is 65.1 Å². The number of rotatable bonds is 8. The molecule has 0 aliphatic carbocycles. The van der Waals surface area contributed by atoms with Crippen LogP contribution in [0, 0.1) is 25.2 Å². The highest BCUT2D eigenvalue weighted by Gasteiger charge is 2.13. The Morgan fingerprint density at radius 2 is 1.61 bits per heavy atom. The molecule has 1 N–H and O–H groups in total. The van der Waals surface area contributed by atoms with Gasteiger partial charge in [-0.1, -0.05) is 63.5 Å². The zero-order chi connectivity index (χ0) is 23.8. The molecule has 0 bridgehead atoms. The molecule has 0 spiro atoms. The molecule has 0 saturated heterocycles.